The molecule has 6 heteroatoms. The summed E-state index contributed by atoms with van der Waals surface area (Å²) in [7, 11) is 1.76. The van der Waals surface area contributed by atoms with Gasteiger partial charge in [-0.15, -0.1) is 12.4 Å². The predicted molar refractivity (Wildman–Crippen MR) is 96.0 cm³/mol. The Morgan fingerprint density at radius 3 is 2.58 bits per heavy atom. The van der Waals surface area contributed by atoms with Gasteiger partial charge in [0.2, 0.25) is 5.91 Å². The fourth-order valence-corrected chi connectivity index (χ4v) is 3.19. The molecule has 4 nitrogen and oxygen atoms in total. The van der Waals surface area contributed by atoms with Crippen molar-refractivity contribution in [3.8, 4) is 5.75 Å². The van der Waals surface area contributed by atoms with Crippen molar-refractivity contribution in [2.24, 2.45) is 11.1 Å². The van der Waals surface area contributed by atoms with E-state index in [4.69, 9.17) is 10.5 Å². The summed E-state index contributed by atoms with van der Waals surface area (Å²) >= 11 is 0. The summed E-state index contributed by atoms with van der Waals surface area (Å²) in [6, 6.07) is 6.29. The first-order valence-electron chi connectivity index (χ1n) is 8.38. The fraction of sp³-hybridized carbons (Fsp3) is 0.611. The maximum absolute atomic E-state index is 13.5. The van der Waals surface area contributed by atoms with E-state index in [1.54, 1.807) is 30.1 Å². The van der Waals surface area contributed by atoms with Crippen molar-refractivity contribution >= 4 is 18.3 Å². The smallest absolute Gasteiger partial charge is 0.223 e. The molecule has 24 heavy (non-hydrogen) atoms. The summed E-state index contributed by atoms with van der Waals surface area (Å²) in [5, 5.41) is 0. The van der Waals surface area contributed by atoms with Gasteiger partial charge in [-0.3, -0.25) is 4.79 Å². The molecule has 1 aromatic rings. The lowest BCUT2D eigenvalue weighted by molar-refractivity contribution is -0.133. The van der Waals surface area contributed by atoms with Crippen molar-refractivity contribution in [1.82, 2.24) is 4.90 Å². The standard InChI is InChI=1S/C18H27FN2O2.ClH/c1-21(11-12-23-16-8-4-3-7-15(16)19)17(22)13-18(14-20)9-5-2-6-10-18;/h3-4,7-8H,2,5-6,9-14,20H2,1H3;1H. The van der Waals surface area contributed by atoms with Crippen LogP contribution in [0.25, 0.3) is 0 Å². The Balaban J connectivity index is 0.00000288. The highest BCUT2D eigenvalue weighted by Gasteiger charge is 2.33. The molecule has 0 heterocycles. The van der Waals surface area contributed by atoms with E-state index in [0.717, 1.165) is 25.7 Å². The Labute approximate surface area is 149 Å². The van der Waals surface area contributed by atoms with E-state index in [0.29, 0.717) is 19.5 Å². The van der Waals surface area contributed by atoms with Crippen LogP contribution in [0.3, 0.4) is 0 Å². The van der Waals surface area contributed by atoms with Crippen molar-refractivity contribution in [2.45, 2.75) is 38.5 Å². The van der Waals surface area contributed by atoms with E-state index < -0.39 is 0 Å². The molecular weight excluding hydrogens is 331 g/mol. The number of nitrogens with zero attached hydrogens (tertiary/aromatic N) is 1. The molecule has 0 aliphatic heterocycles. The van der Waals surface area contributed by atoms with Gasteiger partial charge in [0.1, 0.15) is 6.61 Å². The summed E-state index contributed by atoms with van der Waals surface area (Å²) in [5.41, 5.74) is 5.91. The number of carbonyl (C=O) groups is 1. The van der Waals surface area contributed by atoms with Crippen LogP contribution >= 0.6 is 12.4 Å². The first-order chi connectivity index (χ1) is 11.1. The molecule has 0 radical (unpaired) electrons. The molecular formula is C18H28ClFN2O2. The maximum atomic E-state index is 13.5. The van der Waals surface area contributed by atoms with Crippen LogP contribution in [0, 0.1) is 11.2 Å². The van der Waals surface area contributed by atoms with Crippen molar-refractivity contribution < 1.29 is 13.9 Å². The zero-order valence-corrected chi connectivity index (χ0v) is 15.1. The number of hydrogen-bond donors (Lipinski definition) is 1. The first kappa shape index (κ1) is 20.7. The lowest BCUT2D eigenvalue weighted by Gasteiger charge is -2.36. The second-order valence-corrected chi connectivity index (χ2v) is 6.54. The number of likely N-dealkylation sites (N-methyl/N-ethyl adjacent to an activating group) is 1. The van der Waals surface area contributed by atoms with E-state index in [2.05, 4.69) is 0 Å². The molecule has 0 aromatic heterocycles. The second kappa shape index (κ2) is 9.84. The molecule has 0 atom stereocenters. The van der Waals surface area contributed by atoms with Crippen molar-refractivity contribution in [1.29, 1.82) is 0 Å². The Morgan fingerprint density at radius 1 is 1.29 bits per heavy atom. The number of nitrogens with two attached hydrogens (primary N) is 1. The van der Waals surface area contributed by atoms with Crippen LogP contribution in [-0.2, 0) is 4.79 Å². The number of benzene rings is 1. The van der Waals surface area contributed by atoms with Gasteiger partial charge in [-0.2, -0.15) is 0 Å². The lowest BCUT2D eigenvalue weighted by Crippen LogP contribution is -2.40. The Hall–Kier alpha value is -1.33. The van der Waals surface area contributed by atoms with Crippen LogP contribution in [0.1, 0.15) is 38.5 Å². The second-order valence-electron chi connectivity index (χ2n) is 6.54. The number of hydrogen-bond acceptors (Lipinski definition) is 3. The molecule has 1 aromatic carbocycles. The molecule has 2 N–H and O–H groups in total. The molecule has 0 saturated heterocycles. The number of amides is 1. The van der Waals surface area contributed by atoms with Crippen molar-refractivity contribution in [2.75, 3.05) is 26.7 Å². The van der Waals surface area contributed by atoms with E-state index in [-0.39, 0.29) is 41.9 Å². The average molecular weight is 359 g/mol. The summed E-state index contributed by atoms with van der Waals surface area (Å²) < 4.78 is 18.9. The third-order valence-corrected chi connectivity index (χ3v) is 4.82. The fourth-order valence-electron chi connectivity index (χ4n) is 3.19. The normalized spacial score (nSPS) is 16.1. The SMILES string of the molecule is CN(CCOc1ccccc1F)C(=O)CC1(CN)CCCCC1.Cl. The third kappa shape index (κ3) is 5.64. The molecule has 0 spiro atoms. The highest BCUT2D eigenvalue weighted by molar-refractivity contribution is 5.85. The molecule has 1 aliphatic rings. The van der Waals surface area contributed by atoms with Crippen LogP contribution in [-0.4, -0.2) is 37.6 Å². The summed E-state index contributed by atoms with van der Waals surface area (Å²) in [4.78, 5) is 14.1. The molecule has 1 amide bonds. The van der Waals surface area contributed by atoms with Crippen LogP contribution in [0.2, 0.25) is 0 Å². The predicted octanol–water partition coefficient (Wildman–Crippen LogP) is 3.38. The minimum absolute atomic E-state index is 0. The first-order valence-corrected chi connectivity index (χ1v) is 8.38. The lowest BCUT2D eigenvalue weighted by atomic mass is 9.71. The summed E-state index contributed by atoms with van der Waals surface area (Å²) in [6.07, 6.45) is 6.13. The number of rotatable bonds is 7. The minimum Gasteiger partial charge on any atom is -0.489 e. The number of ether oxygens (including phenoxy) is 1. The van der Waals surface area contributed by atoms with Gasteiger partial charge in [0, 0.05) is 13.5 Å². The van der Waals surface area contributed by atoms with Crippen molar-refractivity contribution in [3.05, 3.63) is 30.1 Å². The van der Waals surface area contributed by atoms with Gasteiger partial charge in [-0.25, -0.2) is 4.39 Å². The van der Waals surface area contributed by atoms with Gasteiger partial charge in [0.25, 0.3) is 0 Å². The molecule has 136 valence electrons. The third-order valence-electron chi connectivity index (χ3n) is 4.82. The zero-order valence-electron chi connectivity index (χ0n) is 14.3. The molecule has 0 unspecified atom stereocenters. The summed E-state index contributed by atoms with van der Waals surface area (Å²) in [6.45, 7) is 1.28. The van der Waals surface area contributed by atoms with E-state index in [1.165, 1.54) is 12.5 Å². The van der Waals surface area contributed by atoms with Gasteiger partial charge >= 0.3 is 0 Å². The highest BCUT2D eigenvalue weighted by Crippen LogP contribution is 2.38. The molecule has 1 aliphatic carbocycles. The average Bonchev–Trinajstić information content (AvgIpc) is 2.57. The summed E-state index contributed by atoms with van der Waals surface area (Å²) in [5.74, 6) is -0.0701. The van der Waals surface area contributed by atoms with Crippen LogP contribution in [0.15, 0.2) is 24.3 Å². The minimum atomic E-state index is -0.384. The van der Waals surface area contributed by atoms with E-state index in [1.807, 2.05) is 0 Å². The number of halogens is 2. The van der Waals surface area contributed by atoms with Gasteiger partial charge in [0.15, 0.2) is 11.6 Å². The maximum Gasteiger partial charge on any atom is 0.223 e. The molecule has 0 bridgehead atoms. The number of para-hydroxylation sites is 1. The number of carbonyl (C=O) groups excluding carboxylic acids is 1. The van der Waals surface area contributed by atoms with E-state index in [9.17, 15) is 9.18 Å². The van der Waals surface area contributed by atoms with Crippen LogP contribution in [0.4, 0.5) is 4.39 Å². The van der Waals surface area contributed by atoms with Gasteiger partial charge in [-0.05, 0) is 36.9 Å². The highest BCUT2D eigenvalue weighted by atomic mass is 35.5. The quantitative estimate of drug-likeness (QED) is 0.812. The van der Waals surface area contributed by atoms with E-state index >= 15 is 0 Å². The Morgan fingerprint density at radius 2 is 1.96 bits per heavy atom. The molecule has 2 rings (SSSR count). The Bertz CT molecular complexity index is 521. The Kier molecular flexibility index (Phi) is 8.50. The largest absolute Gasteiger partial charge is 0.489 e. The van der Waals surface area contributed by atoms with Crippen molar-refractivity contribution in [3.63, 3.8) is 0 Å². The van der Waals surface area contributed by atoms with Crippen LogP contribution in [0.5, 0.6) is 5.75 Å². The molecule has 1 fully saturated rings. The topological polar surface area (TPSA) is 55.6 Å². The van der Waals surface area contributed by atoms with Gasteiger partial charge in [-0.1, -0.05) is 31.4 Å². The van der Waals surface area contributed by atoms with Gasteiger partial charge < -0.3 is 15.4 Å². The van der Waals surface area contributed by atoms with Crippen LogP contribution < -0.4 is 10.5 Å². The zero-order chi connectivity index (χ0) is 16.7. The van der Waals surface area contributed by atoms with Gasteiger partial charge in [0.05, 0.1) is 6.54 Å². The monoisotopic (exact) mass is 358 g/mol. The molecule has 1 saturated carbocycles.